The third kappa shape index (κ3) is 4.04. The Hall–Kier alpha value is -2.02. The highest BCUT2D eigenvalue weighted by Gasteiger charge is 2.46. The van der Waals surface area contributed by atoms with Gasteiger partial charge in [-0.25, -0.2) is 0 Å². The summed E-state index contributed by atoms with van der Waals surface area (Å²) in [5, 5.41) is 0. The number of aryl methyl sites for hydroxylation is 1. The van der Waals surface area contributed by atoms with E-state index >= 15 is 0 Å². The zero-order valence-electron chi connectivity index (χ0n) is 13.9. The number of rotatable bonds is 7. The summed E-state index contributed by atoms with van der Waals surface area (Å²) in [5.41, 5.74) is 5.91. The maximum Gasteiger partial charge on any atom is 0.237 e. The van der Waals surface area contributed by atoms with Crippen LogP contribution >= 0.6 is 0 Å². The topological polar surface area (TPSA) is 92.4 Å². The molecule has 1 aliphatic heterocycles. The van der Waals surface area contributed by atoms with E-state index in [9.17, 15) is 9.59 Å². The number of primary amides is 1. The molecule has 2 amide bonds. The summed E-state index contributed by atoms with van der Waals surface area (Å²) < 4.78 is 0. The summed E-state index contributed by atoms with van der Waals surface area (Å²) in [7, 11) is 3.44. The molecule has 1 aliphatic rings. The molecule has 1 fully saturated rings. The number of carbonyl (C=O) groups is 2. The highest BCUT2D eigenvalue weighted by atomic mass is 16.2. The smallest absolute Gasteiger partial charge is 0.237 e. The van der Waals surface area contributed by atoms with Crippen molar-refractivity contribution in [3.05, 3.63) is 24.3 Å². The summed E-state index contributed by atoms with van der Waals surface area (Å²) in [6, 6.07) is 0. The van der Waals surface area contributed by atoms with Gasteiger partial charge >= 0.3 is 0 Å². The predicted molar refractivity (Wildman–Crippen MR) is 86.4 cm³/mol. The summed E-state index contributed by atoms with van der Waals surface area (Å²) in [6.07, 6.45) is 8.81. The lowest BCUT2D eigenvalue weighted by molar-refractivity contribution is -0.135. The summed E-state index contributed by atoms with van der Waals surface area (Å²) >= 11 is 0. The monoisotopic (exact) mass is 319 g/mol. The van der Waals surface area contributed by atoms with Crippen LogP contribution < -0.4 is 5.73 Å². The first-order valence-electron chi connectivity index (χ1n) is 7.96. The molecule has 0 saturated carbocycles. The Morgan fingerprint density at radius 3 is 2.78 bits per heavy atom. The van der Waals surface area contributed by atoms with Gasteiger partial charge in [-0.1, -0.05) is 0 Å². The van der Waals surface area contributed by atoms with E-state index in [1.165, 1.54) is 0 Å². The fourth-order valence-corrected chi connectivity index (χ4v) is 3.18. The molecule has 2 heterocycles. The van der Waals surface area contributed by atoms with Crippen molar-refractivity contribution in [2.24, 2.45) is 5.73 Å². The molecular weight excluding hydrogens is 294 g/mol. The van der Waals surface area contributed by atoms with Crippen LogP contribution in [0.1, 0.15) is 31.4 Å². The maximum atomic E-state index is 12.2. The highest BCUT2D eigenvalue weighted by molar-refractivity contribution is 5.86. The Balaban J connectivity index is 2.02. The molecule has 0 radical (unpaired) electrons. The number of amides is 2. The molecule has 126 valence electrons. The van der Waals surface area contributed by atoms with Crippen LogP contribution in [0.4, 0.5) is 0 Å². The van der Waals surface area contributed by atoms with Crippen LogP contribution in [0.15, 0.2) is 18.6 Å². The number of carbonyl (C=O) groups excluding carboxylic acids is 2. The van der Waals surface area contributed by atoms with Crippen molar-refractivity contribution >= 4 is 11.8 Å². The largest absolute Gasteiger partial charge is 0.368 e. The minimum absolute atomic E-state index is 0.00792. The summed E-state index contributed by atoms with van der Waals surface area (Å²) in [5.74, 6) is -0.341. The zero-order chi connectivity index (χ0) is 16.9. The van der Waals surface area contributed by atoms with E-state index in [1.54, 1.807) is 37.6 Å². The lowest BCUT2D eigenvalue weighted by Gasteiger charge is -2.36. The second kappa shape index (κ2) is 7.50. The van der Waals surface area contributed by atoms with Gasteiger partial charge in [0, 0.05) is 32.7 Å². The molecule has 0 spiro atoms. The van der Waals surface area contributed by atoms with Gasteiger partial charge in [0.05, 0.1) is 12.2 Å². The molecule has 23 heavy (non-hydrogen) atoms. The Morgan fingerprint density at radius 1 is 1.39 bits per heavy atom. The molecule has 1 aromatic rings. The van der Waals surface area contributed by atoms with Gasteiger partial charge in [0.25, 0.3) is 0 Å². The minimum atomic E-state index is -0.714. The lowest BCUT2D eigenvalue weighted by Crippen LogP contribution is -2.56. The molecule has 1 saturated heterocycles. The fraction of sp³-hybridized carbons (Fsp3) is 0.625. The van der Waals surface area contributed by atoms with Crippen molar-refractivity contribution in [1.29, 1.82) is 0 Å². The van der Waals surface area contributed by atoms with Crippen LogP contribution in [0, 0.1) is 0 Å². The normalized spacial score (nSPS) is 21.3. The van der Waals surface area contributed by atoms with Crippen molar-refractivity contribution in [1.82, 2.24) is 19.8 Å². The van der Waals surface area contributed by atoms with Crippen molar-refractivity contribution in [3.8, 4) is 0 Å². The van der Waals surface area contributed by atoms with Crippen LogP contribution in [0.25, 0.3) is 0 Å². The minimum Gasteiger partial charge on any atom is -0.368 e. The van der Waals surface area contributed by atoms with Gasteiger partial charge < -0.3 is 10.6 Å². The second-order valence-corrected chi connectivity index (χ2v) is 6.26. The molecule has 1 aromatic heterocycles. The van der Waals surface area contributed by atoms with E-state index in [-0.39, 0.29) is 18.4 Å². The first-order valence-corrected chi connectivity index (χ1v) is 7.96. The number of nitrogens with two attached hydrogens (primary N) is 1. The summed E-state index contributed by atoms with van der Waals surface area (Å²) in [4.78, 5) is 36.0. The number of likely N-dealkylation sites (tertiary alicyclic amines) is 1. The fourth-order valence-electron chi connectivity index (χ4n) is 3.18. The molecule has 0 aliphatic carbocycles. The zero-order valence-corrected chi connectivity index (χ0v) is 13.9. The summed E-state index contributed by atoms with van der Waals surface area (Å²) in [6.45, 7) is 0.967. The van der Waals surface area contributed by atoms with E-state index in [0.29, 0.717) is 12.8 Å². The molecule has 0 aromatic carbocycles. The molecule has 0 bridgehead atoms. The van der Waals surface area contributed by atoms with Gasteiger partial charge in [0.2, 0.25) is 11.8 Å². The third-order valence-corrected chi connectivity index (χ3v) is 4.55. The van der Waals surface area contributed by atoms with E-state index in [2.05, 4.69) is 9.97 Å². The Bertz CT molecular complexity index is 549. The van der Waals surface area contributed by atoms with Gasteiger partial charge in [0.1, 0.15) is 5.54 Å². The Labute approximate surface area is 136 Å². The van der Waals surface area contributed by atoms with Crippen molar-refractivity contribution in [3.63, 3.8) is 0 Å². The van der Waals surface area contributed by atoms with Gasteiger partial charge in [-0.2, -0.15) is 0 Å². The quantitative estimate of drug-likeness (QED) is 0.775. The van der Waals surface area contributed by atoms with E-state index in [1.807, 2.05) is 4.90 Å². The highest BCUT2D eigenvalue weighted by Crippen LogP contribution is 2.33. The number of hydrogen-bond donors (Lipinski definition) is 1. The van der Waals surface area contributed by atoms with Gasteiger partial charge in [-0.15, -0.1) is 0 Å². The standard InChI is InChI=1S/C16H25N5O2/c1-20(2)14(22)12-21-10-4-7-16(21,15(17)23)6-3-5-13-11-18-8-9-19-13/h8-9,11H,3-7,10,12H2,1-2H3,(H2,17,23)/t16-/m1/s1. The first kappa shape index (κ1) is 17.3. The van der Waals surface area contributed by atoms with Crippen LogP contribution in [-0.4, -0.2) is 64.3 Å². The van der Waals surface area contributed by atoms with Crippen LogP contribution in [0.2, 0.25) is 0 Å². The second-order valence-electron chi connectivity index (χ2n) is 6.26. The Kier molecular flexibility index (Phi) is 5.65. The number of hydrogen-bond acceptors (Lipinski definition) is 5. The van der Waals surface area contributed by atoms with Crippen molar-refractivity contribution < 1.29 is 9.59 Å². The average molecular weight is 319 g/mol. The van der Waals surface area contributed by atoms with E-state index in [4.69, 9.17) is 5.73 Å². The van der Waals surface area contributed by atoms with Crippen LogP contribution in [0.3, 0.4) is 0 Å². The first-order chi connectivity index (χ1) is 11.0. The van der Waals surface area contributed by atoms with Crippen LogP contribution in [0.5, 0.6) is 0 Å². The molecule has 7 nitrogen and oxygen atoms in total. The van der Waals surface area contributed by atoms with E-state index < -0.39 is 5.54 Å². The molecule has 0 unspecified atom stereocenters. The SMILES string of the molecule is CN(C)C(=O)CN1CCC[C@]1(CCCc1cnccn1)C(N)=O. The number of aromatic nitrogens is 2. The number of nitrogens with zero attached hydrogens (tertiary/aromatic N) is 4. The molecular formula is C16H25N5O2. The number of likely N-dealkylation sites (N-methyl/N-ethyl adjacent to an activating group) is 1. The lowest BCUT2D eigenvalue weighted by atomic mass is 9.88. The Morgan fingerprint density at radius 2 is 2.17 bits per heavy atom. The van der Waals surface area contributed by atoms with Gasteiger partial charge in [-0.3, -0.25) is 24.5 Å². The average Bonchev–Trinajstić information content (AvgIpc) is 2.92. The molecule has 7 heteroatoms. The van der Waals surface area contributed by atoms with Crippen molar-refractivity contribution in [2.45, 2.75) is 37.6 Å². The predicted octanol–water partition coefficient (Wildman–Crippen LogP) is 0.207. The van der Waals surface area contributed by atoms with Crippen LogP contribution in [-0.2, 0) is 16.0 Å². The van der Waals surface area contributed by atoms with Crippen molar-refractivity contribution in [2.75, 3.05) is 27.2 Å². The maximum absolute atomic E-state index is 12.2. The van der Waals surface area contributed by atoms with Gasteiger partial charge in [0.15, 0.2) is 0 Å². The molecule has 2 rings (SSSR count). The van der Waals surface area contributed by atoms with Gasteiger partial charge in [-0.05, 0) is 38.6 Å². The molecule has 1 atom stereocenters. The third-order valence-electron chi connectivity index (χ3n) is 4.55. The molecule has 2 N–H and O–H groups in total. The van der Waals surface area contributed by atoms with E-state index in [0.717, 1.165) is 31.5 Å².